The average molecular weight is 283 g/mol. The first-order valence-corrected chi connectivity index (χ1v) is 7.97. The Hall–Kier alpha value is -0.850. The van der Waals surface area contributed by atoms with Gasteiger partial charge in [0.2, 0.25) is 0 Å². The van der Waals surface area contributed by atoms with Crippen molar-refractivity contribution in [1.82, 2.24) is 0 Å². The molecule has 1 N–H and O–H groups in total. The molecule has 1 aromatic carbocycles. The molecule has 4 heteroatoms. The van der Waals surface area contributed by atoms with Crippen molar-refractivity contribution in [3.05, 3.63) is 28.8 Å². The highest BCUT2D eigenvalue weighted by molar-refractivity contribution is 7.98. The molecule has 0 saturated heterocycles. The molecule has 0 spiro atoms. The third-order valence-corrected chi connectivity index (χ3v) is 3.62. The number of halogens is 1. The second-order valence-electron chi connectivity index (χ2n) is 4.14. The molecule has 0 saturated carbocycles. The molecular weight excluding hydrogens is 264 g/mol. The highest BCUT2D eigenvalue weighted by Gasteiger charge is 2.01. The van der Waals surface area contributed by atoms with Crippen molar-refractivity contribution < 1.29 is 0 Å². The number of benzene rings is 1. The molecule has 0 atom stereocenters. The summed E-state index contributed by atoms with van der Waals surface area (Å²) < 4.78 is 0. The SMILES string of the molecule is CSCCCCCCNc1cc(Cl)ccc1C#N. The Kier molecular flexibility index (Phi) is 7.71. The maximum Gasteiger partial charge on any atom is 0.101 e. The zero-order chi connectivity index (χ0) is 13.2. The first-order valence-electron chi connectivity index (χ1n) is 6.20. The number of hydrogen-bond acceptors (Lipinski definition) is 3. The zero-order valence-electron chi connectivity index (χ0n) is 10.7. The van der Waals surface area contributed by atoms with Gasteiger partial charge in [0.05, 0.1) is 11.3 Å². The van der Waals surface area contributed by atoms with Crippen LogP contribution in [0, 0.1) is 11.3 Å². The average Bonchev–Trinajstić information content (AvgIpc) is 2.38. The second-order valence-corrected chi connectivity index (χ2v) is 5.56. The summed E-state index contributed by atoms with van der Waals surface area (Å²) in [5.74, 6) is 1.25. The number of nitrogens with one attached hydrogen (secondary N) is 1. The molecule has 1 rings (SSSR count). The number of hydrogen-bond donors (Lipinski definition) is 1. The fourth-order valence-electron chi connectivity index (χ4n) is 1.71. The normalized spacial score (nSPS) is 10.1. The Morgan fingerprint density at radius 3 is 2.78 bits per heavy atom. The minimum absolute atomic E-state index is 0.654. The standard InChI is InChI=1S/C14H19ClN2S/c1-18-9-5-3-2-4-8-17-14-10-13(15)7-6-12(14)11-16/h6-7,10,17H,2-5,8-9H2,1H3. The van der Waals surface area contributed by atoms with E-state index in [-0.39, 0.29) is 0 Å². The van der Waals surface area contributed by atoms with Gasteiger partial charge in [0.1, 0.15) is 6.07 Å². The van der Waals surface area contributed by atoms with E-state index in [1.54, 1.807) is 12.1 Å². The Morgan fingerprint density at radius 2 is 2.06 bits per heavy atom. The van der Waals surface area contributed by atoms with Gasteiger partial charge in [-0.3, -0.25) is 0 Å². The molecule has 0 aliphatic carbocycles. The van der Waals surface area contributed by atoms with Crippen LogP contribution in [0.3, 0.4) is 0 Å². The number of anilines is 1. The lowest BCUT2D eigenvalue weighted by atomic mass is 10.1. The van der Waals surface area contributed by atoms with Crippen LogP contribution in [0.2, 0.25) is 5.02 Å². The van der Waals surface area contributed by atoms with Gasteiger partial charge in [-0.2, -0.15) is 17.0 Å². The predicted octanol–water partition coefficient (Wildman–Crippen LogP) is 4.55. The smallest absolute Gasteiger partial charge is 0.101 e. The summed E-state index contributed by atoms with van der Waals surface area (Å²) in [5.41, 5.74) is 1.50. The summed E-state index contributed by atoms with van der Waals surface area (Å²) in [7, 11) is 0. The first kappa shape index (κ1) is 15.2. The van der Waals surface area contributed by atoms with Crippen molar-refractivity contribution in [3.8, 4) is 6.07 Å². The Labute approximate surface area is 119 Å². The molecule has 0 radical (unpaired) electrons. The maximum atomic E-state index is 8.97. The van der Waals surface area contributed by atoms with Crippen LogP contribution in [0.1, 0.15) is 31.2 Å². The van der Waals surface area contributed by atoms with Crippen molar-refractivity contribution in [1.29, 1.82) is 5.26 Å². The summed E-state index contributed by atoms with van der Waals surface area (Å²) in [4.78, 5) is 0. The van der Waals surface area contributed by atoms with E-state index < -0.39 is 0 Å². The van der Waals surface area contributed by atoms with Crippen LogP contribution in [0.25, 0.3) is 0 Å². The molecule has 2 nitrogen and oxygen atoms in total. The van der Waals surface area contributed by atoms with E-state index in [9.17, 15) is 0 Å². The lowest BCUT2D eigenvalue weighted by Gasteiger charge is -2.08. The topological polar surface area (TPSA) is 35.8 Å². The van der Waals surface area contributed by atoms with E-state index in [0.717, 1.165) is 18.7 Å². The van der Waals surface area contributed by atoms with Crippen LogP contribution in [0.4, 0.5) is 5.69 Å². The first-order chi connectivity index (χ1) is 8.77. The van der Waals surface area contributed by atoms with E-state index in [0.29, 0.717) is 10.6 Å². The maximum absolute atomic E-state index is 8.97. The quantitative estimate of drug-likeness (QED) is 0.711. The van der Waals surface area contributed by atoms with Gasteiger partial charge in [0, 0.05) is 11.6 Å². The molecule has 0 aliphatic heterocycles. The summed E-state index contributed by atoms with van der Waals surface area (Å²) in [6, 6.07) is 7.48. The van der Waals surface area contributed by atoms with E-state index in [2.05, 4.69) is 17.6 Å². The molecule has 0 aromatic heterocycles. The van der Waals surface area contributed by atoms with Crippen LogP contribution >= 0.6 is 23.4 Å². The third kappa shape index (κ3) is 5.66. The third-order valence-electron chi connectivity index (χ3n) is 2.69. The summed E-state index contributed by atoms with van der Waals surface area (Å²) in [5, 5.41) is 12.9. The van der Waals surface area contributed by atoms with Gasteiger partial charge in [0.25, 0.3) is 0 Å². The fraction of sp³-hybridized carbons (Fsp3) is 0.500. The van der Waals surface area contributed by atoms with Crippen molar-refractivity contribution in [2.45, 2.75) is 25.7 Å². The molecule has 0 bridgehead atoms. The monoisotopic (exact) mass is 282 g/mol. The number of unbranched alkanes of at least 4 members (excludes halogenated alkanes) is 3. The number of nitriles is 1. The van der Waals surface area contributed by atoms with Crippen LogP contribution in [-0.4, -0.2) is 18.6 Å². The Balaban J connectivity index is 2.27. The van der Waals surface area contributed by atoms with Crippen molar-refractivity contribution in [2.24, 2.45) is 0 Å². The number of rotatable bonds is 8. The molecule has 0 amide bonds. The van der Waals surface area contributed by atoms with Gasteiger partial charge in [-0.05, 0) is 43.0 Å². The molecule has 0 aliphatic rings. The molecule has 18 heavy (non-hydrogen) atoms. The largest absolute Gasteiger partial charge is 0.384 e. The fourth-order valence-corrected chi connectivity index (χ4v) is 2.37. The summed E-state index contributed by atoms with van der Waals surface area (Å²) >= 11 is 7.82. The van der Waals surface area contributed by atoms with Crippen molar-refractivity contribution in [2.75, 3.05) is 23.9 Å². The van der Waals surface area contributed by atoms with Crippen LogP contribution in [0.15, 0.2) is 18.2 Å². The summed E-state index contributed by atoms with van der Waals surface area (Å²) in [6.45, 7) is 0.897. The van der Waals surface area contributed by atoms with Gasteiger partial charge in [-0.1, -0.05) is 24.4 Å². The number of nitrogens with zero attached hydrogens (tertiary/aromatic N) is 1. The molecular formula is C14H19ClN2S. The molecule has 1 aromatic rings. The Morgan fingerprint density at radius 1 is 1.28 bits per heavy atom. The lowest BCUT2D eigenvalue weighted by molar-refractivity contribution is 0.689. The predicted molar refractivity (Wildman–Crippen MR) is 81.5 cm³/mol. The van der Waals surface area contributed by atoms with Gasteiger partial charge in [-0.15, -0.1) is 0 Å². The number of thioether (sulfide) groups is 1. The van der Waals surface area contributed by atoms with Gasteiger partial charge in [-0.25, -0.2) is 0 Å². The highest BCUT2D eigenvalue weighted by atomic mass is 35.5. The molecule has 0 heterocycles. The minimum Gasteiger partial charge on any atom is -0.384 e. The summed E-state index contributed by atoms with van der Waals surface area (Å²) in [6.07, 6.45) is 7.08. The van der Waals surface area contributed by atoms with Crippen LogP contribution < -0.4 is 5.32 Å². The van der Waals surface area contributed by atoms with E-state index in [1.807, 2.05) is 17.8 Å². The molecule has 0 fully saturated rings. The minimum atomic E-state index is 0.654. The van der Waals surface area contributed by atoms with Crippen LogP contribution in [-0.2, 0) is 0 Å². The molecule has 98 valence electrons. The van der Waals surface area contributed by atoms with E-state index in [4.69, 9.17) is 16.9 Å². The lowest BCUT2D eigenvalue weighted by Crippen LogP contribution is -2.03. The van der Waals surface area contributed by atoms with Gasteiger partial charge >= 0.3 is 0 Å². The highest BCUT2D eigenvalue weighted by Crippen LogP contribution is 2.20. The molecule has 0 unspecified atom stereocenters. The van der Waals surface area contributed by atoms with Crippen molar-refractivity contribution in [3.63, 3.8) is 0 Å². The zero-order valence-corrected chi connectivity index (χ0v) is 12.3. The van der Waals surface area contributed by atoms with E-state index in [1.165, 1.54) is 25.0 Å². The van der Waals surface area contributed by atoms with Gasteiger partial charge in [0.15, 0.2) is 0 Å². The second kappa shape index (κ2) is 9.13. The van der Waals surface area contributed by atoms with Crippen LogP contribution in [0.5, 0.6) is 0 Å². The van der Waals surface area contributed by atoms with Crippen molar-refractivity contribution >= 4 is 29.1 Å². The van der Waals surface area contributed by atoms with E-state index >= 15 is 0 Å². The Bertz CT molecular complexity index is 401. The van der Waals surface area contributed by atoms with Gasteiger partial charge < -0.3 is 5.32 Å².